The summed E-state index contributed by atoms with van der Waals surface area (Å²) in [5.41, 5.74) is -2.06. The van der Waals surface area contributed by atoms with Crippen LogP contribution in [-0.2, 0) is 33.3 Å². The Hall–Kier alpha value is -3.62. The van der Waals surface area contributed by atoms with Crippen LogP contribution in [0.15, 0.2) is 17.1 Å². The number of alkyl carbamates (subject to hydrolysis) is 1. The van der Waals surface area contributed by atoms with Crippen LogP contribution in [0, 0.1) is 17.8 Å². The van der Waals surface area contributed by atoms with Gasteiger partial charge in [0.15, 0.2) is 6.10 Å². The molecular weight excluding hydrogens is 610 g/mol. The molecule has 13 nitrogen and oxygen atoms in total. The molecule has 1 aliphatic rings. The Kier molecular flexibility index (Phi) is 13.6. The number of nitrogens with zero attached hydrogens (tertiary/aromatic N) is 2. The van der Waals surface area contributed by atoms with Crippen molar-refractivity contribution in [3.63, 3.8) is 0 Å². The predicted molar refractivity (Wildman–Crippen MR) is 163 cm³/mol. The fraction of sp³-hybridized carbons (Fsp3) is 0.742. The molecule has 0 radical (unpaired) electrons. The highest BCUT2D eigenvalue weighted by Gasteiger charge is 2.63. The minimum atomic E-state index is -4.04. The van der Waals surface area contributed by atoms with E-state index in [9.17, 15) is 24.0 Å². The normalized spacial score (nSPS) is 20.0. The van der Waals surface area contributed by atoms with Gasteiger partial charge < -0.3 is 29.6 Å². The summed E-state index contributed by atoms with van der Waals surface area (Å²) < 4.78 is 53.7. The summed E-state index contributed by atoms with van der Waals surface area (Å²) in [6.45, 7) is 14.2. The van der Waals surface area contributed by atoms with E-state index in [2.05, 4.69) is 15.6 Å². The molecule has 1 aromatic heterocycles. The molecule has 15 heteroatoms. The highest BCUT2D eigenvalue weighted by molar-refractivity contribution is 5.91. The minimum Gasteiger partial charge on any atom is -0.463 e. The molecule has 2 heterocycles. The fourth-order valence-corrected chi connectivity index (χ4v) is 4.70. The Morgan fingerprint density at radius 2 is 1.67 bits per heavy atom. The van der Waals surface area contributed by atoms with Gasteiger partial charge in [0.25, 0.3) is 0 Å². The van der Waals surface area contributed by atoms with Gasteiger partial charge >= 0.3 is 29.6 Å². The minimum absolute atomic E-state index is 0.122. The number of amides is 2. The van der Waals surface area contributed by atoms with E-state index in [1.807, 2.05) is 13.8 Å². The van der Waals surface area contributed by atoms with Crippen molar-refractivity contribution in [3.8, 4) is 0 Å². The van der Waals surface area contributed by atoms with E-state index in [-0.39, 0.29) is 17.6 Å². The van der Waals surface area contributed by atoms with Gasteiger partial charge in [-0.1, -0.05) is 54.4 Å². The van der Waals surface area contributed by atoms with Gasteiger partial charge in [0.05, 0.1) is 5.92 Å². The van der Waals surface area contributed by atoms with Gasteiger partial charge in [-0.15, -0.1) is 0 Å². The first kappa shape index (κ1) is 38.6. The molecule has 0 bridgehead atoms. The van der Waals surface area contributed by atoms with E-state index in [1.165, 1.54) is 6.07 Å². The summed E-state index contributed by atoms with van der Waals surface area (Å²) in [6, 6.07) is -0.208. The van der Waals surface area contributed by atoms with E-state index < -0.39 is 78.2 Å². The maximum Gasteiger partial charge on any atom is 0.408 e. The lowest BCUT2D eigenvalue weighted by Crippen LogP contribution is -2.51. The summed E-state index contributed by atoms with van der Waals surface area (Å²) in [5.74, 6) is -7.92. The zero-order chi connectivity index (χ0) is 35.0. The molecule has 0 spiro atoms. The standard InChI is InChI=1S/C31H48F2N4O9/c1-10-12-19(13-11-2)24(38)34-21-14-15-37(28(41)35-21)27-31(32,33)23(20(44-27)16-43-25(39)18(5)6)45-26(40)22(17(3)4)36-29(42)46-30(7,8)9/h14-15,17-20,22-23,27H,10-13,16H2,1-9H3,(H,36,42)(H,34,35,38,41)/t20-,22+,23-,27-/m1/s1. The Labute approximate surface area is 268 Å². The van der Waals surface area contributed by atoms with Crippen LogP contribution >= 0.6 is 0 Å². The second kappa shape index (κ2) is 16.3. The number of aromatic nitrogens is 2. The molecular formula is C31H48F2N4O9. The van der Waals surface area contributed by atoms with Gasteiger partial charge in [-0.2, -0.15) is 13.8 Å². The molecule has 0 unspecified atom stereocenters. The van der Waals surface area contributed by atoms with Crippen LogP contribution < -0.4 is 16.3 Å². The smallest absolute Gasteiger partial charge is 0.408 e. The molecule has 1 aliphatic heterocycles. The lowest BCUT2D eigenvalue weighted by atomic mass is 9.97. The van der Waals surface area contributed by atoms with E-state index in [0.29, 0.717) is 17.4 Å². The van der Waals surface area contributed by atoms with Gasteiger partial charge in [0.2, 0.25) is 12.1 Å². The van der Waals surface area contributed by atoms with E-state index in [4.69, 9.17) is 18.9 Å². The highest BCUT2D eigenvalue weighted by atomic mass is 19.3. The van der Waals surface area contributed by atoms with Gasteiger partial charge in [-0.3, -0.25) is 14.2 Å². The molecule has 1 fully saturated rings. The van der Waals surface area contributed by atoms with Crippen molar-refractivity contribution >= 4 is 29.8 Å². The number of halogens is 2. The number of alkyl halides is 2. The topological polar surface area (TPSA) is 164 Å². The van der Waals surface area contributed by atoms with Gasteiger partial charge in [-0.05, 0) is 45.6 Å². The number of rotatable bonds is 14. The predicted octanol–water partition coefficient (Wildman–Crippen LogP) is 4.59. The highest BCUT2D eigenvalue weighted by Crippen LogP contribution is 2.44. The van der Waals surface area contributed by atoms with Crippen molar-refractivity contribution in [1.82, 2.24) is 14.9 Å². The van der Waals surface area contributed by atoms with Crippen LogP contribution in [-0.4, -0.2) is 69.9 Å². The van der Waals surface area contributed by atoms with Crippen LogP contribution in [0.2, 0.25) is 0 Å². The number of hydrogen-bond acceptors (Lipinski definition) is 10. The van der Waals surface area contributed by atoms with Gasteiger partial charge in [-0.25, -0.2) is 14.4 Å². The maximum atomic E-state index is 16.1. The second-order valence-corrected chi connectivity index (χ2v) is 13.0. The summed E-state index contributed by atoms with van der Waals surface area (Å²) in [6.07, 6.45) is -3.51. The van der Waals surface area contributed by atoms with Crippen molar-refractivity contribution in [2.24, 2.45) is 17.8 Å². The molecule has 0 aliphatic carbocycles. The molecule has 2 N–H and O–H groups in total. The van der Waals surface area contributed by atoms with Crippen LogP contribution in [0.4, 0.5) is 19.4 Å². The number of ether oxygens (including phenoxy) is 4. The maximum absolute atomic E-state index is 16.1. The first-order chi connectivity index (χ1) is 21.3. The number of carbonyl (C=O) groups is 4. The quantitative estimate of drug-likeness (QED) is 0.213. The van der Waals surface area contributed by atoms with Crippen molar-refractivity contribution in [2.75, 3.05) is 11.9 Å². The number of carbonyl (C=O) groups excluding carboxylic acids is 4. The fourth-order valence-electron chi connectivity index (χ4n) is 4.70. The zero-order valence-electron chi connectivity index (χ0n) is 28.1. The monoisotopic (exact) mass is 658 g/mol. The molecule has 1 saturated heterocycles. The molecule has 2 rings (SSSR count). The number of esters is 2. The average molecular weight is 659 g/mol. The van der Waals surface area contributed by atoms with E-state index in [0.717, 1.165) is 19.0 Å². The van der Waals surface area contributed by atoms with Crippen LogP contribution in [0.5, 0.6) is 0 Å². The van der Waals surface area contributed by atoms with E-state index in [1.54, 1.807) is 48.5 Å². The lowest BCUT2D eigenvalue weighted by Gasteiger charge is -2.28. The van der Waals surface area contributed by atoms with Gasteiger partial charge in [0, 0.05) is 12.1 Å². The van der Waals surface area contributed by atoms with Crippen LogP contribution in [0.25, 0.3) is 0 Å². The molecule has 2 amide bonds. The molecule has 260 valence electrons. The summed E-state index contributed by atoms with van der Waals surface area (Å²) in [4.78, 5) is 67.2. The van der Waals surface area contributed by atoms with Crippen molar-refractivity contribution in [1.29, 1.82) is 0 Å². The number of anilines is 1. The summed E-state index contributed by atoms with van der Waals surface area (Å²) in [7, 11) is 0. The Morgan fingerprint density at radius 1 is 1.07 bits per heavy atom. The summed E-state index contributed by atoms with van der Waals surface area (Å²) >= 11 is 0. The first-order valence-corrected chi connectivity index (χ1v) is 15.6. The average Bonchev–Trinajstić information content (AvgIpc) is 3.17. The third-order valence-corrected chi connectivity index (χ3v) is 7.03. The Balaban J connectivity index is 2.38. The largest absolute Gasteiger partial charge is 0.463 e. The Bertz CT molecular complexity index is 1270. The van der Waals surface area contributed by atoms with Crippen molar-refractivity contribution in [2.45, 2.75) is 124 Å². The van der Waals surface area contributed by atoms with Crippen LogP contribution in [0.1, 0.15) is 94.2 Å². The first-order valence-electron chi connectivity index (χ1n) is 15.6. The van der Waals surface area contributed by atoms with Gasteiger partial charge in [0.1, 0.15) is 30.2 Å². The lowest BCUT2D eigenvalue weighted by molar-refractivity contribution is -0.180. The number of nitrogens with one attached hydrogen (secondary N) is 2. The van der Waals surface area contributed by atoms with Crippen molar-refractivity contribution in [3.05, 3.63) is 22.7 Å². The second-order valence-electron chi connectivity index (χ2n) is 13.0. The third kappa shape index (κ3) is 10.5. The third-order valence-electron chi connectivity index (χ3n) is 7.03. The molecule has 0 saturated carbocycles. The molecule has 46 heavy (non-hydrogen) atoms. The Morgan fingerprint density at radius 3 is 2.17 bits per heavy atom. The number of hydrogen-bond donors (Lipinski definition) is 2. The molecule has 0 aromatic carbocycles. The molecule has 4 atom stereocenters. The van der Waals surface area contributed by atoms with E-state index >= 15 is 8.78 Å². The van der Waals surface area contributed by atoms with Crippen molar-refractivity contribution < 1.29 is 46.9 Å². The molecule has 1 aromatic rings. The summed E-state index contributed by atoms with van der Waals surface area (Å²) in [5, 5.41) is 4.91. The zero-order valence-corrected chi connectivity index (χ0v) is 28.1. The van der Waals surface area contributed by atoms with Crippen LogP contribution in [0.3, 0.4) is 0 Å². The SMILES string of the molecule is CCCC(CCC)C(=O)Nc1ccn([C@@H]2O[C@H](COC(=O)C(C)C)[C@@H](OC(=O)[C@@H](NC(=O)OC(C)(C)C)C(C)C)C2(F)F)c(=O)n1.